The van der Waals surface area contributed by atoms with Gasteiger partial charge in [0, 0.05) is 55.7 Å². The maximum absolute atomic E-state index is 12.8. The number of piperidine rings is 1. The van der Waals surface area contributed by atoms with Crippen molar-refractivity contribution < 1.29 is 9.59 Å². The van der Waals surface area contributed by atoms with E-state index in [1.165, 1.54) is 0 Å². The van der Waals surface area contributed by atoms with Crippen LogP contribution in [0.1, 0.15) is 52.7 Å². The maximum Gasteiger partial charge on any atom is 0.253 e. The molecule has 1 N–H and O–H groups in total. The minimum absolute atomic E-state index is 0.108. The third-order valence-corrected chi connectivity index (χ3v) is 6.78. The summed E-state index contributed by atoms with van der Waals surface area (Å²) >= 11 is 1.67. The van der Waals surface area contributed by atoms with Crippen LogP contribution in [0.25, 0.3) is 0 Å². The molecule has 2 heterocycles. The van der Waals surface area contributed by atoms with Crippen LogP contribution in [-0.4, -0.2) is 48.9 Å². The van der Waals surface area contributed by atoms with E-state index in [1.807, 2.05) is 53.5 Å². The van der Waals surface area contributed by atoms with Gasteiger partial charge in [0.1, 0.15) is 0 Å². The van der Waals surface area contributed by atoms with Crippen molar-refractivity contribution in [3.8, 4) is 0 Å². The van der Waals surface area contributed by atoms with Crippen LogP contribution in [0.4, 0.5) is 5.69 Å². The molecule has 0 radical (unpaired) electrons. The normalized spacial score (nSPS) is 17.2. The van der Waals surface area contributed by atoms with E-state index < -0.39 is 0 Å². The molecule has 4 rings (SSSR count). The second-order valence-electron chi connectivity index (χ2n) is 8.18. The number of anilines is 1. The van der Waals surface area contributed by atoms with Gasteiger partial charge in [0.15, 0.2) is 0 Å². The van der Waals surface area contributed by atoms with Crippen molar-refractivity contribution in [1.29, 1.82) is 0 Å². The first-order valence-corrected chi connectivity index (χ1v) is 11.2. The summed E-state index contributed by atoms with van der Waals surface area (Å²) in [7, 11) is 3.99. The molecular formula is C22H28N4O2S. The number of hydrogen-bond acceptors (Lipinski definition) is 5. The fraction of sp³-hybridized carbons (Fsp3) is 0.500. The van der Waals surface area contributed by atoms with Crippen molar-refractivity contribution in [2.24, 2.45) is 5.92 Å². The first-order valence-electron chi connectivity index (χ1n) is 10.3. The average Bonchev–Trinajstić information content (AvgIpc) is 3.50. The molecule has 1 saturated carbocycles. The molecule has 7 heteroatoms. The van der Waals surface area contributed by atoms with E-state index in [4.69, 9.17) is 4.98 Å². The van der Waals surface area contributed by atoms with Gasteiger partial charge in [-0.3, -0.25) is 9.59 Å². The summed E-state index contributed by atoms with van der Waals surface area (Å²) in [4.78, 5) is 33.3. The van der Waals surface area contributed by atoms with E-state index in [9.17, 15) is 9.59 Å². The summed E-state index contributed by atoms with van der Waals surface area (Å²) in [5.74, 6) is 0.892. The van der Waals surface area contributed by atoms with Crippen LogP contribution in [0.2, 0.25) is 0 Å². The molecule has 0 unspecified atom stereocenters. The van der Waals surface area contributed by atoms with E-state index in [1.54, 1.807) is 11.3 Å². The van der Waals surface area contributed by atoms with Crippen molar-refractivity contribution in [3.05, 3.63) is 45.9 Å². The summed E-state index contributed by atoms with van der Waals surface area (Å²) in [6, 6.07) is 7.79. The smallest absolute Gasteiger partial charge is 0.253 e. The summed E-state index contributed by atoms with van der Waals surface area (Å²) in [6.07, 6.45) is 3.91. The number of amides is 2. The largest absolute Gasteiger partial charge is 0.378 e. The zero-order valence-electron chi connectivity index (χ0n) is 17.1. The maximum atomic E-state index is 12.8. The third kappa shape index (κ3) is 4.78. The molecule has 2 fully saturated rings. The highest BCUT2D eigenvalue weighted by atomic mass is 32.1. The van der Waals surface area contributed by atoms with E-state index in [-0.39, 0.29) is 17.7 Å². The molecule has 1 aliphatic heterocycles. The van der Waals surface area contributed by atoms with Gasteiger partial charge in [-0.2, -0.15) is 0 Å². The topological polar surface area (TPSA) is 65.5 Å². The number of likely N-dealkylation sites (tertiary alicyclic amines) is 1. The molecule has 1 aromatic heterocycles. The number of carbonyl (C=O) groups is 2. The lowest BCUT2D eigenvalue weighted by atomic mass is 9.97. The molecule has 1 saturated heterocycles. The monoisotopic (exact) mass is 412 g/mol. The molecule has 2 aromatic rings. The van der Waals surface area contributed by atoms with E-state index in [2.05, 4.69) is 5.32 Å². The van der Waals surface area contributed by atoms with Crippen LogP contribution in [0.3, 0.4) is 0 Å². The van der Waals surface area contributed by atoms with Crippen molar-refractivity contribution in [3.63, 3.8) is 0 Å². The van der Waals surface area contributed by atoms with Gasteiger partial charge in [0.25, 0.3) is 5.91 Å². The summed E-state index contributed by atoms with van der Waals surface area (Å²) in [5.41, 5.74) is 2.78. The SMILES string of the molecule is CN(C)c1ccc(C(=O)N2CCC(c3nc(CNC(=O)C4CC4)cs3)CC2)cc1. The zero-order valence-corrected chi connectivity index (χ0v) is 17.9. The molecule has 0 spiro atoms. The first-order chi connectivity index (χ1) is 14.0. The second-order valence-corrected chi connectivity index (χ2v) is 9.07. The highest BCUT2D eigenvalue weighted by molar-refractivity contribution is 7.09. The fourth-order valence-electron chi connectivity index (χ4n) is 3.67. The van der Waals surface area contributed by atoms with Crippen LogP contribution in [-0.2, 0) is 11.3 Å². The Morgan fingerprint density at radius 1 is 1.14 bits per heavy atom. The van der Waals surface area contributed by atoms with Crippen molar-refractivity contribution >= 4 is 28.8 Å². The Hall–Kier alpha value is -2.41. The lowest BCUT2D eigenvalue weighted by Gasteiger charge is -2.31. The number of aromatic nitrogens is 1. The van der Waals surface area contributed by atoms with Crippen LogP contribution in [0, 0.1) is 5.92 Å². The van der Waals surface area contributed by atoms with Crippen LogP contribution in [0.15, 0.2) is 29.6 Å². The van der Waals surface area contributed by atoms with Gasteiger partial charge >= 0.3 is 0 Å². The van der Waals surface area contributed by atoms with Gasteiger partial charge in [-0.25, -0.2) is 4.98 Å². The Bertz CT molecular complexity index is 865. The highest BCUT2D eigenvalue weighted by Crippen LogP contribution is 2.31. The number of nitrogens with one attached hydrogen (secondary N) is 1. The molecule has 29 heavy (non-hydrogen) atoms. The van der Waals surface area contributed by atoms with Gasteiger partial charge in [0.05, 0.1) is 17.2 Å². The van der Waals surface area contributed by atoms with Crippen LogP contribution < -0.4 is 10.2 Å². The Balaban J connectivity index is 1.28. The van der Waals surface area contributed by atoms with E-state index >= 15 is 0 Å². The minimum Gasteiger partial charge on any atom is -0.378 e. The van der Waals surface area contributed by atoms with Gasteiger partial charge in [-0.05, 0) is 49.9 Å². The highest BCUT2D eigenvalue weighted by Gasteiger charge is 2.30. The Kier molecular flexibility index (Phi) is 5.85. The summed E-state index contributed by atoms with van der Waals surface area (Å²) in [6.45, 7) is 2.03. The Morgan fingerprint density at radius 2 is 1.83 bits per heavy atom. The third-order valence-electron chi connectivity index (χ3n) is 5.72. The number of rotatable bonds is 6. The molecular weight excluding hydrogens is 384 g/mol. The van der Waals surface area contributed by atoms with Crippen LogP contribution in [0.5, 0.6) is 0 Å². The van der Waals surface area contributed by atoms with Gasteiger partial charge in [0.2, 0.25) is 5.91 Å². The fourth-order valence-corrected chi connectivity index (χ4v) is 4.66. The lowest BCUT2D eigenvalue weighted by molar-refractivity contribution is -0.122. The summed E-state index contributed by atoms with van der Waals surface area (Å²) in [5, 5.41) is 6.15. The number of nitrogens with zero attached hydrogens (tertiary/aromatic N) is 3. The van der Waals surface area contributed by atoms with Gasteiger partial charge < -0.3 is 15.1 Å². The van der Waals surface area contributed by atoms with Crippen molar-refractivity contribution in [2.75, 3.05) is 32.1 Å². The predicted octanol–water partition coefficient (Wildman–Crippen LogP) is 3.26. The number of hydrogen-bond donors (Lipinski definition) is 1. The van der Waals surface area contributed by atoms with Crippen LogP contribution >= 0.6 is 11.3 Å². The van der Waals surface area contributed by atoms with E-state index in [0.29, 0.717) is 12.5 Å². The molecule has 6 nitrogen and oxygen atoms in total. The number of benzene rings is 1. The predicted molar refractivity (Wildman–Crippen MR) is 115 cm³/mol. The quantitative estimate of drug-likeness (QED) is 0.791. The van der Waals surface area contributed by atoms with Gasteiger partial charge in [-0.15, -0.1) is 11.3 Å². The van der Waals surface area contributed by atoms with Crippen molar-refractivity contribution in [2.45, 2.75) is 38.1 Å². The average molecular weight is 413 g/mol. The van der Waals surface area contributed by atoms with E-state index in [0.717, 1.165) is 60.7 Å². The molecule has 0 bridgehead atoms. The molecule has 2 aliphatic rings. The Morgan fingerprint density at radius 3 is 2.45 bits per heavy atom. The lowest BCUT2D eigenvalue weighted by Crippen LogP contribution is -2.37. The molecule has 0 atom stereocenters. The number of carbonyl (C=O) groups excluding carboxylic acids is 2. The Labute approximate surface area is 175 Å². The standard InChI is InChI=1S/C22H28N4O2S/c1-25(2)19-7-5-17(6-8-19)22(28)26-11-9-16(10-12-26)21-24-18(14-29-21)13-23-20(27)15-3-4-15/h5-8,14-16H,3-4,9-13H2,1-2H3,(H,23,27). The number of thiazole rings is 1. The molecule has 154 valence electrons. The molecule has 1 aliphatic carbocycles. The van der Waals surface area contributed by atoms with Crippen molar-refractivity contribution in [1.82, 2.24) is 15.2 Å². The summed E-state index contributed by atoms with van der Waals surface area (Å²) < 4.78 is 0. The first kappa shape index (κ1) is 19.9. The minimum atomic E-state index is 0.108. The second kappa shape index (κ2) is 8.53. The van der Waals surface area contributed by atoms with Gasteiger partial charge in [-0.1, -0.05) is 0 Å². The molecule has 2 amide bonds. The molecule has 1 aromatic carbocycles. The zero-order chi connectivity index (χ0) is 20.4.